The van der Waals surface area contributed by atoms with Crippen molar-refractivity contribution in [3.05, 3.63) is 69.1 Å². The molecule has 0 aliphatic rings. The molecule has 1 aromatic carbocycles. The maximum absolute atomic E-state index is 12.3. The second-order valence-electron chi connectivity index (χ2n) is 6.31. The Morgan fingerprint density at radius 1 is 1.12 bits per heavy atom. The smallest absolute Gasteiger partial charge is 0.316 e. The lowest BCUT2D eigenvalue weighted by Gasteiger charge is -2.14. The van der Waals surface area contributed by atoms with Crippen molar-refractivity contribution in [2.75, 3.05) is 0 Å². The van der Waals surface area contributed by atoms with Crippen molar-refractivity contribution in [1.82, 2.24) is 14.5 Å². The third-order valence-electron chi connectivity index (χ3n) is 4.32. The van der Waals surface area contributed by atoms with Crippen molar-refractivity contribution in [3.8, 4) is 0 Å². The zero-order valence-corrected chi connectivity index (χ0v) is 14.8. The number of carbonyl (C=O) groups excluding carboxylic acids is 1. The van der Waals surface area contributed by atoms with Crippen LogP contribution in [0.1, 0.15) is 19.1 Å². The predicted molar refractivity (Wildman–Crippen MR) is 98.1 cm³/mol. The van der Waals surface area contributed by atoms with Crippen LogP contribution in [0.15, 0.2) is 56.7 Å². The number of nitrogens with zero attached hydrogens (tertiary/aromatic N) is 2. The summed E-state index contributed by atoms with van der Waals surface area (Å²) in [5, 5.41) is 2.88. The lowest BCUT2D eigenvalue weighted by Crippen LogP contribution is -2.41. The molecule has 136 valence electrons. The Bertz CT molecular complexity index is 1030. The molecule has 0 saturated carbocycles. The fraction of sp³-hybridized carbons (Fsp3) is 0.316. The van der Waals surface area contributed by atoms with Gasteiger partial charge in [0.05, 0.1) is 17.3 Å². The Balaban J connectivity index is 1.72. The van der Waals surface area contributed by atoms with Crippen LogP contribution in [-0.2, 0) is 24.8 Å². The summed E-state index contributed by atoms with van der Waals surface area (Å²) < 4.78 is 7.97. The molecule has 0 saturated heterocycles. The summed E-state index contributed by atoms with van der Waals surface area (Å²) in [6, 6.07) is 10.7. The summed E-state index contributed by atoms with van der Waals surface area (Å²) in [6.45, 7) is 2.04. The molecule has 1 N–H and O–H groups in total. The van der Waals surface area contributed by atoms with Crippen molar-refractivity contribution >= 4 is 16.9 Å². The second kappa shape index (κ2) is 7.43. The second-order valence-corrected chi connectivity index (χ2v) is 6.31. The van der Waals surface area contributed by atoms with Gasteiger partial charge in [-0.05, 0) is 31.2 Å². The van der Waals surface area contributed by atoms with E-state index in [9.17, 15) is 14.4 Å². The van der Waals surface area contributed by atoms with Gasteiger partial charge >= 0.3 is 11.1 Å². The van der Waals surface area contributed by atoms with E-state index in [2.05, 4.69) is 5.32 Å². The molecule has 3 rings (SSSR count). The maximum atomic E-state index is 12.3. The fourth-order valence-corrected chi connectivity index (χ4v) is 3.02. The highest BCUT2D eigenvalue weighted by Crippen LogP contribution is 2.10. The van der Waals surface area contributed by atoms with Gasteiger partial charge in [0.15, 0.2) is 0 Å². The van der Waals surface area contributed by atoms with Gasteiger partial charge in [-0.1, -0.05) is 12.1 Å². The fourth-order valence-electron chi connectivity index (χ4n) is 3.02. The topological polar surface area (TPSA) is 86.2 Å². The van der Waals surface area contributed by atoms with E-state index in [1.165, 1.54) is 9.13 Å². The van der Waals surface area contributed by atoms with E-state index in [4.69, 9.17) is 4.42 Å². The van der Waals surface area contributed by atoms with Gasteiger partial charge in [-0.3, -0.25) is 14.4 Å². The van der Waals surface area contributed by atoms with Crippen LogP contribution in [0.2, 0.25) is 0 Å². The molecule has 2 heterocycles. The quantitative estimate of drug-likeness (QED) is 0.678. The normalized spacial score (nSPS) is 12.2. The predicted octanol–water partition coefficient (Wildman–Crippen LogP) is 1.43. The minimum atomic E-state index is -0.623. The molecule has 0 bridgehead atoms. The van der Waals surface area contributed by atoms with Gasteiger partial charge in [0.2, 0.25) is 5.91 Å². The number of aromatic nitrogens is 2. The van der Waals surface area contributed by atoms with Crippen LogP contribution in [0.25, 0.3) is 11.0 Å². The summed E-state index contributed by atoms with van der Waals surface area (Å²) >= 11 is 0. The average Bonchev–Trinajstić information content (AvgIpc) is 3.12. The number of carbonyl (C=O) groups is 1. The minimum absolute atomic E-state index is 0.0919. The van der Waals surface area contributed by atoms with Crippen molar-refractivity contribution in [1.29, 1.82) is 0 Å². The van der Waals surface area contributed by atoms with Crippen LogP contribution in [0.5, 0.6) is 0 Å². The van der Waals surface area contributed by atoms with Crippen LogP contribution < -0.4 is 16.4 Å². The first-order chi connectivity index (χ1) is 12.5. The molecule has 0 fully saturated rings. The number of benzene rings is 1. The highest BCUT2D eigenvalue weighted by atomic mass is 16.3. The van der Waals surface area contributed by atoms with Gasteiger partial charge in [0, 0.05) is 32.5 Å². The number of fused-ring (bicyclic) bond motifs is 1. The summed E-state index contributed by atoms with van der Waals surface area (Å²) in [5.74, 6) is 0.618. The van der Waals surface area contributed by atoms with Crippen LogP contribution in [0, 0.1) is 0 Å². The number of furan rings is 1. The molecule has 0 spiro atoms. The molecule has 2 aromatic heterocycles. The Morgan fingerprint density at radius 3 is 2.54 bits per heavy atom. The number of hydrogen-bond acceptors (Lipinski definition) is 4. The number of para-hydroxylation sites is 2. The van der Waals surface area contributed by atoms with Crippen LogP contribution in [0.3, 0.4) is 0 Å². The molecule has 7 heteroatoms. The molecule has 7 nitrogen and oxygen atoms in total. The molecule has 0 radical (unpaired) electrons. The standard InChI is InChI=1S/C19H21N3O4/c1-13(12-14-6-5-11-26-14)20-17(23)9-10-22-16-8-4-3-7-15(16)21(2)18(24)19(22)25/h3-8,11,13H,9-10,12H2,1-2H3,(H,20,23). The van der Waals surface area contributed by atoms with Crippen molar-refractivity contribution in [3.63, 3.8) is 0 Å². The Labute approximate surface area is 149 Å². The molecule has 26 heavy (non-hydrogen) atoms. The Hall–Kier alpha value is -3.09. The van der Waals surface area contributed by atoms with E-state index in [1.807, 2.05) is 13.0 Å². The molecule has 1 unspecified atom stereocenters. The van der Waals surface area contributed by atoms with Gasteiger partial charge in [-0.25, -0.2) is 0 Å². The highest BCUT2D eigenvalue weighted by molar-refractivity contribution is 5.77. The first-order valence-corrected chi connectivity index (χ1v) is 8.47. The number of hydrogen-bond donors (Lipinski definition) is 1. The van der Waals surface area contributed by atoms with Crippen LogP contribution in [-0.4, -0.2) is 21.1 Å². The number of rotatable bonds is 6. The zero-order chi connectivity index (χ0) is 18.7. The SMILES string of the molecule is CC(Cc1ccco1)NC(=O)CCn1c(=O)c(=O)n(C)c2ccccc21. The Morgan fingerprint density at radius 2 is 1.85 bits per heavy atom. The molecule has 0 aliphatic heterocycles. The van der Waals surface area contributed by atoms with Crippen LogP contribution in [0.4, 0.5) is 0 Å². The summed E-state index contributed by atoms with van der Waals surface area (Å²) in [6.07, 6.45) is 2.30. The largest absolute Gasteiger partial charge is 0.469 e. The van der Waals surface area contributed by atoms with Crippen molar-refractivity contribution in [2.24, 2.45) is 7.05 Å². The van der Waals surface area contributed by atoms with Gasteiger partial charge in [0.25, 0.3) is 0 Å². The number of amides is 1. The Kier molecular flexibility index (Phi) is 5.06. The molecule has 3 aromatic rings. The molecular weight excluding hydrogens is 334 g/mol. The lowest BCUT2D eigenvalue weighted by molar-refractivity contribution is -0.121. The molecule has 1 amide bonds. The average molecular weight is 355 g/mol. The molecule has 0 aliphatic carbocycles. The van der Waals surface area contributed by atoms with E-state index in [1.54, 1.807) is 43.6 Å². The van der Waals surface area contributed by atoms with E-state index in [0.717, 1.165) is 5.76 Å². The number of aryl methyl sites for hydroxylation is 2. The first-order valence-electron chi connectivity index (χ1n) is 8.47. The first kappa shape index (κ1) is 17.7. The maximum Gasteiger partial charge on any atom is 0.316 e. The minimum Gasteiger partial charge on any atom is -0.469 e. The highest BCUT2D eigenvalue weighted by Gasteiger charge is 2.13. The summed E-state index contributed by atoms with van der Waals surface area (Å²) in [5.41, 5.74) is 0.0673. The lowest BCUT2D eigenvalue weighted by atomic mass is 10.2. The number of nitrogens with one attached hydrogen (secondary N) is 1. The van der Waals surface area contributed by atoms with Gasteiger partial charge < -0.3 is 18.9 Å². The summed E-state index contributed by atoms with van der Waals surface area (Å²) in [7, 11) is 1.57. The monoisotopic (exact) mass is 355 g/mol. The van der Waals surface area contributed by atoms with Gasteiger partial charge in [0.1, 0.15) is 5.76 Å². The van der Waals surface area contributed by atoms with Gasteiger partial charge in [-0.2, -0.15) is 0 Å². The summed E-state index contributed by atoms with van der Waals surface area (Å²) in [4.78, 5) is 36.7. The zero-order valence-electron chi connectivity index (χ0n) is 14.8. The van der Waals surface area contributed by atoms with E-state index >= 15 is 0 Å². The van der Waals surface area contributed by atoms with E-state index in [0.29, 0.717) is 17.5 Å². The van der Waals surface area contributed by atoms with Crippen LogP contribution >= 0.6 is 0 Å². The van der Waals surface area contributed by atoms with Crippen molar-refractivity contribution < 1.29 is 9.21 Å². The van der Waals surface area contributed by atoms with Crippen molar-refractivity contribution in [2.45, 2.75) is 32.4 Å². The van der Waals surface area contributed by atoms with E-state index < -0.39 is 11.1 Å². The molecular formula is C19H21N3O4. The third kappa shape index (κ3) is 3.61. The molecule has 1 atom stereocenters. The third-order valence-corrected chi connectivity index (χ3v) is 4.32. The van der Waals surface area contributed by atoms with Gasteiger partial charge in [-0.15, -0.1) is 0 Å². The van der Waals surface area contributed by atoms with E-state index in [-0.39, 0.29) is 24.9 Å².